The Labute approximate surface area is 157 Å². The molecule has 0 saturated heterocycles. The number of benzene rings is 2. The number of hydrogen-bond acceptors (Lipinski definition) is 2. The molecule has 0 radical (unpaired) electrons. The molecule has 2 aromatic heterocycles. The summed E-state index contributed by atoms with van der Waals surface area (Å²) in [4.78, 5) is 4.81. The van der Waals surface area contributed by atoms with E-state index in [-0.39, 0.29) is 0 Å². The summed E-state index contributed by atoms with van der Waals surface area (Å²) in [5, 5.41) is 9.70. The van der Waals surface area contributed by atoms with E-state index in [4.69, 9.17) is 21.8 Å². The second kappa shape index (κ2) is 6.67. The minimum Gasteiger partial charge on any atom is -0.302 e. The molecule has 0 spiro atoms. The van der Waals surface area contributed by atoms with Crippen LogP contribution < -0.4 is 0 Å². The van der Waals surface area contributed by atoms with Crippen molar-refractivity contribution >= 4 is 17.2 Å². The number of hydrogen-bond donors (Lipinski definition) is 0. The molecule has 0 amide bonds. The van der Waals surface area contributed by atoms with Crippen LogP contribution >= 0.6 is 11.6 Å². The summed E-state index contributed by atoms with van der Waals surface area (Å²) in [6, 6.07) is 22.0. The van der Waals surface area contributed by atoms with Gasteiger partial charge in [0.2, 0.25) is 0 Å². The first kappa shape index (κ1) is 16.4. The van der Waals surface area contributed by atoms with E-state index < -0.39 is 0 Å². The van der Waals surface area contributed by atoms with Gasteiger partial charge in [-0.15, -0.1) is 0 Å². The first-order valence-electron chi connectivity index (χ1n) is 8.36. The summed E-state index contributed by atoms with van der Waals surface area (Å²) < 4.78 is 2.05. The molecule has 0 saturated carbocycles. The van der Waals surface area contributed by atoms with Crippen LogP contribution in [0.1, 0.15) is 22.4 Å². The number of fused-ring (bicyclic) bond motifs is 1. The lowest BCUT2D eigenvalue weighted by Gasteiger charge is -2.07. The van der Waals surface area contributed by atoms with E-state index in [1.54, 1.807) is 0 Å². The van der Waals surface area contributed by atoms with Crippen LogP contribution in [-0.4, -0.2) is 9.38 Å². The molecule has 0 aliphatic carbocycles. The number of halogens is 1. The van der Waals surface area contributed by atoms with Gasteiger partial charge in [0.1, 0.15) is 5.65 Å². The smallest absolute Gasteiger partial charge is 0.137 e. The van der Waals surface area contributed by atoms with E-state index in [2.05, 4.69) is 41.7 Å². The number of imidazole rings is 1. The van der Waals surface area contributed by atoms with Gasteiger partial charge < -0.3 is 4.40 Å². The van der Waals surface area contributed by atoms with E-state index in [1.807, 2.05) is 42.6 Å². The summed E-state index contributed by atoms with van der Waals surface area (Å²) in [7, 11) is 0. The fraction of sp³-hybridized carbons (Fsp3) is 0.0909. The molecule has 0 aliphatic heterocycles. The molecule has 2 aromatic carbocycles. The van der Waals surface area contributed by atoms with Gasteiger partial charge in [-0.2, -0.15) is 5.26 Å². The van der Waals surface area contributed by atoms with E-state index in [0.717, 1.165) is 29.0 Å². The van der Waals surface area contributed by atoms with Gasteiger partial charge in [0.25, 0.3) is 0 Å². The van der Waals surface area contributed by atoms with E-state index in [0.29, 0.717) is 10.6 Å². The molecule has 0 fully saturated rings. The Morgan fingerprint density at radius 2 is 1.73 bits per heavy atom. The van der Waals surface area contributed by atoms with Crippen LogP contribution in [0.25, 0.3) is 16.9 Å². The van der Waals surface area contributed by atoms with E-state index in [1.165, 1.54) is 11.1 Å². The molecule has 4 aromatic rings. The largest absolute Gasteiger partial charge is 0.302 e. The molecule has 26 heavy (non-hydrogen) atoms. The van der Waals surface area contributed by atoms with Crippen LogP contribution in [0.15, 0.2) is 66.9 Å². The fourth-order valence-electron chi connectivity index (χ4n) is 3.07. The topological polar surface area (TPSA) is 41.1 Å². The maximum atomic E-state index is 9.03. The first-order valence-corrected chi connectivity index (χ1v) is 8.74. The molecule has 4 rings (SSSR count). The number of aryl methyl sites for hydroxylation is 1. The van der Waals surface area contributed by atoms with Crippen molar-refractivity contribution in [2.45, 2.75) is 13.3 Å². The Hall–Kier alpha value is -3.09. The highest BCUT2D eigenvalue weighted by Crippen LogP contribution is 2.28. The summed E-state index contributed by atoms with van der Waals surface area (Å²) in [6.45, 7) is 2.08. The summed E-state index contributed by atoms with van der Waals surface area (Å²) in [5.41, 5.74) is 6.94. The van der Waals surface area contributed by atoms with Crippen LogP contribution in [0.5, 0.6) is 0 Å². The molecule has 2 heterocycles. The minimum absolute atomic E-state index is 0.639. The SMILES string of the molecule is Cc1ccc(Cc2c(-c3ccc(C#N)cc3)nc3ccc(Cl)cn23)cc1. The van der Waals surface area contributed by atoms with Crippen LogP contribution in [0.3, 0.4) is 0 Å². The van der Waals surface area contributed by atoms with Crippen molar-refractivity contribution in [1.29, 1.82) is 5.26 Å². The van der Waals surface area contributed by atoms with Gasteiger partial charge in [-0.05, 0) is 36.8 Å². The van der Waals surface area contributed by atoms with Crippen LogP contribution in [-0.2, 0) is 6.42 Å². The second-order valence-electron chi connectivity index (χ2n) is 6.33. The average molecular weight is 358 g/mol. The second-order valence-corrected chi connectivity index (χ2v) is 6.77. The standard InChI is InChI=1S/C22H16ClN3/c1-15-2-4-16(5-3-15)12-20-22(18-8-6-17(13-24)7-9-18)25-21-11-10-19(23)14-26(20)21/h2-11,14H,12H2,1H3. The van der Waals surface area contributed by atoms with Crippen molar-refractivity contribution in [3.63, 3.8) is 0 Å². The van der Waals surface area contributed by atoms with Gasteiger partial charge in [0.05, 0.1) is 28.0 Å². The predicted molar refractivity (Wildman–Crippen MR) is 104 cm³/mol. The minimum atomic E-state index is 0.639. The van der Waals surface area contributed by atoms with Gasteiger partial charge in [0.15, 0.2) is 0 Å². The van der Waals surface area contributed by atoms with Crippen LogP contribution in [0, 0.1) is 18.3 Å². The molecule has 126 valence electrons. The van der Waals surface area contributed by atoms with E-state index in [9.17, 15) is 0 Å². The summed E-state index contributed by atoms with van der Waals surface area (Å²) in [6.07, 6.45) is 2.65. The van der Waals surface area contributed by atoms with E-state index >= 15 is 0 Å². The fourth-order valence-corrected chi connectivity index (χ4v) is 3.23. The van der Waals surface area contributed by atoms with Gasteiger partial charge in [-0.25, -0.2) is 4.98 Å². The van der Waals surface area contributed by atoms with Crippen molar-refractivity contribution in [3.05, 3.63) is 94.3 Å². The van der Waals surface area contributed by atoms with Crippen LogP contribution in [0.2, 0.25) is 5.02 Å². The zero-order chi connectivity index (χ0) is 18.1. The highest BCUT2D eigenvalue weighted by molar-refractivity contribution is 6.30. The van der Waals surface area contributed by atoms with Gasteiger partial charge >= 0.3 is 0 Å². The number of nitriles is 1. The monoisotopic (exact) mass is 357 g/mol. The average Bonchev–Trinajstić information content (AvgIpc) is 3.01. The Bertz CT molecular complexity index is 1120. The molecular weight excluding hydrogens is 342 g/mol. The van der Waals surface area contributed by atoms with Crippen LogP contribution in [0.4, 0.5) is 0 Å². The molecule has 3 nitrogen and oxygen atoms in total. The van der Waals surface area contributed by atoms with Crippen molar-refractivity contribution < 1.29 is 0 Å². The Balaban J connectivity index is 1.88. The molecule has 0 atom stereocenters. The lowest BCUT2D eigenvalue weighted by Crippen LogP contribution is -1.97. The zero-order valence-electron chi connectivity index (χ0n) is 14.3. The summed E-state index contributed by atoms with van der Waals surface area (Å²) in [5.74, 6) is 0. The van der Waals surface area contributed by atoms with Crippen molar-refractivity contribution in [2.24, 2.45) is 0 Å². The highest BCUT2D eigenvalue weighted by atomic mass is 35.5. The number of pyridine rings is 1. The summed E-state index contributed by atoms with van der Waals surface area (Å²) >= 11 is 6.22. The zero-order valence-corrected chi connectivity index (χ0v) is 15.0. The molecule has 0 N–H and O–H groups in total. The predicted octanol–water partition coefficient (Wildman–Crippen LogP) is 5.43. The maximum Gasteiger partial charge on any atom is 0.137 e. The third kappa shape index (κ3) is 3.08. The van der Waals surface area contributed by atoms with Gasteiger partial charge in [-0.3, -0.25) is 0 Å². The van der Waals surface area contributed by atoms with Crippen molar-refractivity contribution in [3.8, 4) is 17.3 Å². The lowest BCUT2D eigenvalue weighted by molar-refractivity contribution is 1.03. The third-order valence-corrected chi connectivity index (χ3v) is 4.68. The van der Waals surface area contributed by atoms with Crippen molar-refractivity contribution in [1.82, 2.24) is 9.38 Å². The van der Waals surface area contributed by atoms with Gasteiger partial charge in [-0.1, -0.05) is 53.6 Å². The molecule has 0 aliphatic rings. The Morgan fingerprint density at radius 1 is 1.00 bits per heavy atom. The lowest BCUT2D eigenvalue weighted by atomic mass is 10.0. The number of nitrogens with zero attached hydrogens (tertiary/aromatic N) is 3. The molecule has 4 heteroatoms. The molecule has 0 bridgehead atoms. The Kier molecular flexibility index (Phi) is 4.20. The number of aromatic nitrogens is 2. The van der Waals surface area contributed by atoms with Crippen molar-refractivity contribution in [2.75, 3.05) is 0 Å². The highest BCUT2D eigenvalue weighted by Gasteiger charge is 2.15. The number of rotatable bonds is 3. The molecular formula is C22H16ClN3. The first-order chi connectivity index (χ1) is 12.6. The van der Waals surface area contributed by atoms with Gasteiger partial charge in [0, 0.05) is 18.2 Å². The normalized spacial score (nSPS) is 10.8. The maximum absolute atomic E-state index is 9.03. The Morgan fingerprint density at radius 3 is 2.42 bits per heavy atom. The quantitative estimate of drug-likeness (QED) is 0.490. The molecule has 0 unspecified atom stereocenters. The third-order valence-electron chi connectivity index (χ3n) is 4.46.